The lowest BCUT2D eigenvalue weighted by Crippen LogP contribution is -2.38. The zero-order chi connectivity index (χ0) is 26.1. The van der Waals surface area contributed by atoms with Gasteiger partial charge in [0, 0.05) is 36.3 Å². The third-order valence-corrected chi connectivity index (χ3v) is 8.01. The van der Waals surface area contributed by atoms with Crippen molar-refractivity contribution in [1.29, 1.82) is 0 Å². The molecule has 4 nitrogen and oxygen atoms in total. The molecule has 2 aliphatic heterocycles. The maximum absolute atomic E-state index is 12.6. The van der Waals surface area contributed by atoms with Crippen LogP contribution < -0.4 is 10.2 Å². The van der Waals surface area contributed by atoms with Crippen LogP contribution in [0.1, 0.15) is 75.6 Å². The van der Waals surface area contributed by atoms with Gasteiger partial charge >= 0.3 is 6.09 Å². The predicted octanol–water partition coefficient (Wildman–Crippen LogP) is 7.92. The smallest absolute Gasteiger partial charge is 0.411 e. The standard InChI is InChI=1S/C33H38N2O2/c1-6-7-16-37-33(36)34-25-19-30-28(26-10-8-21(2)17-23(26)4)12-14-35-15-13-29(31(20-25)32(30)35)27-11-9-22(3)18-24(27)5/h6,8-11,17-20,28-29H,1,7,12-16H2,2-5H3,(H,34,36). The molecule has 2 heterocycles. The third kappa shape index (κ3) is 5.02. The van der Waals surface area contributed by atoms with E-state index in [1.54, 1.807) is 6.08 Å². The number of hydrogen-bond acceptors (Lipinski definition) is 3. The number of anilines is 2. The minimum Gasteiger partial charge on any atom is -0.449 e. The Balaban J connectivity index is 1.63. The van der Waals surface area contributed by atoms with Gasteiger partial charge < -0.3 is 9.64 Å². The van der Waals surface area contributed by atoms with Gasteiger partial charge in [-0.2, -0.15) is 0 Å². The highest BCUT2D eigenvalue weighted by molar-refractivity contribution is 5.86. The second-order valence-corrected chi connectivity index (χ2v) is 10.7. The molecule has 1 amide bonds. The van der Waals surface area contributed by atoms with E-state index in [9.17, 15) is 4.79 Å². The van der Waals surface area contributed by atoms with Crippen LogP contribution in [0.15, 0.2) is 61.2 Å². The Morgan fingerprint density at radius 2 is 1.43 bits per heavy atom. The Morgan fingerprint density at radius 3 is 1.92 bits per heavy atom. The zero-order valence-corrected chi connectivity index (χ0v) is 22.6. The van der Waals surface area contributed by atoms with Gasteiger partial charge in [-0.25, -0.2) is 4.79 Å². The number of carbonyl (C=O) groups excluding carboxylic acids is 1. The van der Waals surface area contributed by atoms with Crippen molar-refractivity contribution < 1.29 is 9.53 Å². The van der Waals surface area contributed by atoms with Crippen LogP contribution in [0, 0.1) is 27.7 Å². The molecule has 0 aromatic heterocycles. The molecular weight excluding hydrogens is 456 g/mol. The van der Waals surface area contributed by atoms with Crippen molar-refractivity contribution in [2.24, 2.45) is 0 Å². The number of carbonyl (C=O) groups is 1. The minimum atomic E-state index is -0.413. The van der Waals surface area contributed by atoms with E-state index in [1.807, 2.05) is 0 Å². The van der Waals surface area contributed by atoms with Gasteiger partial charge in [-0.15, -0.1) is 6.58 Å². The van der Waals surface area contributed by atoms with Crippen LogP contribution in [0.5, 0.6) is 0 Å². The monoisotopic (exact) mass is 494 g/mol. The largest absolute Gasteiger partial charge is 0.449 e. The van der Waals surface area contributed by atoms with E-state index in [4.69, 9.17) is 4.74 Å². The van der Waals surface area contributed by atoms with E-state index < -0.39 is 6.09 Å². The topological polar surface area (TPSA) is 41.6 Å². The van der Waals surface area contributed by atoms with Gasteiger partial charge in [0.2, 0.25) is 0 Å². The van der Waals surface area contributed by atoms with Crippen LogP contribution in [0.3, 0.4) is 0 Å². The fourth-order valence-corrected chi connectivity index (χ4v) is 6.33. The number of ether oxygens (including phenoxy) is 1. The Morgan fingerprint density at radius 1 is 0.892 bits per heavy atom. The lowest BCUT2D eigenvalue weighted by atomic mass is 9.75. The zero-order valence-electron chi connectivity index (χ0n) is 22.6. The number of benzene rings is 3. The summed E-state index contributed by atoms with van der Waals surface area (Å²) in [6.07, 6.45) is 4.12. The first-order chi connectivity index (χ1) is 17.9. The minimum absolute atomic E-state index is 0.294. The summed E-state index contributed by atoms with van der Waals surface area (Å²) in [6, 6.07) is 18.0. The van der Waals surface area contributed by atoms with E-state index >= 15 is 0 Å². The van der Waals surface area contributed by atoms with Crippen LogP contribution >= 0.6 is 0 Å². The van der Waals surface area contributed by atoms with E-state index in [2.05, 4.69) is 93.0 Å². The van der Waals surface area contributed by atoms with Crippen molar-refractivity contribution in [1.82, 2.24) is 0 Å². The quantitative estimate of drug-likeness (QED) is 0.279. The number of hydrogen-bond donors (Lipinski definition) is 1. The number of amides is 1. The fraction of sp³-hybridized carbons (Fsp3) is 0.364. The number of rotatable bonds is 6. The molecule has 0 radical (unpaired) electrons. The molecule has 4 heteroatoms. The van der Waals surface area contributed by atoms with E-state index in [1.165, 1.54) is 50.2 Å². The van der Waals surface area contributed by atoms with Crippen LogP contribution in [0.4, 0.5) is 16.2 Å². The summed E-state index contributed by atoms with van der Waals surface area (Å²) in [6.45, 7) is 14.9. The average Bonchev–Trinajstić information content (AvgIpc) is 2.85. The van der Waals surface area contributed by atoms with Crippen molar-refractivity contribution in [2.45, 2.75) is 58.8 Å². The number of aryl methyl sites for hydroxylation is 4. The normalized spacial score (nSPS) is 18.2. The molecule has 1 N–H and O–H groups in total. The lowest BCUT2D eigenvalue weighted by Gasteiger charge is -2.43. The van der Waals surface area contributed by atoms with Gasteiger partial charge in [0.15, 0.2) is 0 Å². The molecule has 2 atom stereocenters. The molecule has 192 valence electrons. The molecule has 2 aliphatic rings. The number of nitrogens with one attached hydrogen (secondary N) is 1. The SMILES string of the molecule is C=CCCOC(=O)Nc1cc2c3c(c1)C(c1ccc(C)cc1C)CCN3CCC2c1ccc(C)cc1C. The van der Waals surface area contributed by atoms with Crippen LogP contribution in [0.2, 0.25) is 0 Å². The molecular formula is C33H38N2O2. The van der Waals surface area contributed by atoms with Gasteiger partial charge in [-0.3, -0.25) is 5.32 Å². The molecule has 3 aromatic carbocycles. The molecule has 0 bridgehead atoms. The average molecular weight is 495 g/mol. The predicted molar refractivity (Wildman–Crippen MR) is 153 cm³/mol. The molecule has 0 spiro atoms. The van der Waals surface area contributed by atoms with E-state index in [0.717, 1.165) is 31.6 Å². The summed E-state index contributed by atoms with van der Waals surface area (Å²) in [5, 5.41) is 3.04. The highest BCUT2D eigenvalue weighted by atomic mass is 16.5. The molecule has 5 rings (SSSR count). The molecule has 0 saturated carbocycles. The van der Waals surface area contributed by atoms with Gasteiger partial charge in [0.05, 0.1) is 6.61 Å². The summed E-state index contributed by atoms with van der Waals surface area (Å²) in [7, 11) is 0. The third-order valence-electron chi connectivity index (χ3n) is 8.01. The molecule has 3 aromatic rings. The summed E-state index contributed by atoms with van der Waals surface area (Å²) in [5.41, 5.74) is 12.8. The molecule has 37 heavy (non-hydrogen) atoms. The first-order valence-electron chi connectivity index (χ1n) is 13.5. The molecule has 0 aliphatic carbocycles. The van der Waals surface area contributed by atoms with Crippen molar-refractivity contribution in [3.05, 3.63) is 106 Å². The lowest BCUT2D eigenvalue weighted by molar-refractivity contribution is 0.163. The molecule has 0 fully saturated rings. The first-order valence-corrected chi connectivity index (χ1v) is 13.5. The van der Waals surface area contributed by atoms with Gasteiger partial charge in [-0.05, 0) is 92.5 Å². The van der Waals surface area contributed by atoms with Crippen molar-refractivity contribution in [2.75, 3.05) is 29.9 Å². The van der Waals surface area contributed by atoms with Gasteiger partial charge in [0.1, 0.15) is 0 Å². The van der Waals surface area contributed by atoms with Crippen molar-refractivity contribution >= 4 is 17.5 Å². The van der Waals surface area contributed by atoms with E-state index in [0.29, 0.717) is 24.9 Å². The van der Waals surface area contributed by atoms with Crippen LogP contribution in [-0.4, -0.2) is 25.8 Å². The van der Waals surface area contributed by atoms with Crippen molar-refractivity contribution in [3.8, 4) is 0 Å². The highest BCUT2D eigenvalue weighted by Gasteiger charge is 2.36. The first kappa shape index (κ1) is 25.1. The Labute approximate surface area is 221 Å². The Bertz CT molecular complexity index is 1260. The summed E-state index contributed by atoms with van der Waals surface area (Å²) in [4.78, 5) is 15.2. The maximum atomic E-state index is 12.6. The molecule has 0 saturated heterocycles. The second kappa shape index (κ2) is 10.5. The van der Waals surface area contributed by atoms with Crippen LogP contribution in [0.25, 0.3) is 0 Å². The number of nitrogens with zero attached hydrogens (tertiary/aromatic N) is 1. The van der Waals surface area contributed by atoms with E-state index in [-0.39, 0.29) is 0 Å². The Kier molecular flexibility index (Phi) is 7.10. The van der Waals surface area contributed by atoms with Crippen LogP contribution in [-0.2, 0) is 4.74 Å². The summed E-state index contributed by atoms with van der Waals surface area (Å²) < 4.78 is 5.39. The van der Waals surface area contributed by atoms with Crippen molar-refractivity contribution in [3.63, 3.8) is 0 Å². The molecule has 2 unspecified atom stereocenters. The van der Waals surface area contributed by atoms with Gasteiger partial charge in [0.25, 0.3) is 0 Å². The summed E-state index contributed by atoms with van der Waals surface area (Å²) in [5.74, 6) is 0.587. The summed E-state index contributed by atoms with van der Waals surface area (Å²) >= 11 is 0. The van der Waals surface area contributed by atoms with Gasteiger partial charge in [-0.1, -0.05) is 53.6 Å². The Hall–Kier alpha value is -3.53. The second-order valence-electron chi connectivity index (χ2n) is 10.7. The highest BCUT2D eigenvalue weighted by Crippen LogP contribution is 2.50. The maximum Gasteiger partial charge on any atom is 0.411 e. The fourth-order valence-electron chi connectivity index (χ4n) is 6.33.